The zero-order valence-electron chi connectivity index (χ0n) is 9.89. The first-order valence-electron chi connectivity index (χ1n) is 6.23. The minimum Gasteiger partial charge on any atom is -0.395 e. The second-order valence-corrected chi connectivity index (χ2v) is 5.41. The first kappa shape index (κ1) is 11.4. The zero-order valence-corrected chi connectivity index (χ0v) is 9.89. The maximum atomic E-state index is 9.47. The Morgan fingerprint density at radius 1 is 1.27 bits per heavy atom. The van der Waals surface area contributed by atoms with E-state index in [0.29, 0.717) is 12.0 Å². The van der Waals surface area contributed by atoms with E-state index in [-0.39, 0.29) is 18.7 Å². The largest absolute Gasteiger partial charge is 0.395 e. The van der Waals surface area contributed by atoms with E-state index in [1.165, 1.54) is 25.7 Å². The number of hydrogen-bond donors (Lipinski definition) is 2. The molecule has 0 radical (unpaired) electrons. The van der Waals surface area contributed by atoms with Gasteiger partial charge in [-0.05, 0) is 51.5 Å². The first-order chi connectivity index (χ1) is 7.15. The fourth-order valence-electron chi connectivity index (χ4n) is 2.53. The van der Waals surface area contributed by atoms with Gasteiger partial charge in [0.15, 0.2) is 0 Å². The fourth-order valence-corrected chi connectivity index (χ4v) is 2.53. The molecule has 2 aliphatic carbocycles. The van der Waals surface area contributed by atoms with E-state index < -0.39 is 0 Å². The van der Waals surface area contributed by atoms with Crippen LogP contribution in [0.2, 0.25) is 0 Å². The molecule has 2 saturated carbocycles. The molecule has 0 amide bonds. The normalized spacial score (nSPS) is 27.8. The van der Waals surface area contributed by atoms with Crippen LogP contribution >= 0.6 is 0 Å². The molecule has 2 rings (SSSR count). The van der Waals surface area contributed by atoms with E-state index in [9.17, 15) is 5.11 Å². The Bertz CT molecular complexity index is 214. The molecule has 3 N–H and O–H groups in total. The number of rotatable bonds is 6. The van der Waals surface area contributed by atoms with Crippen molar-refractivity contribution in [2.45, 2.75) is 50.7 Å². The lowest BCUT2D eigenvalue weighted by atomic mass is 10.0. The molecule has 3 atom stereocenters. The third kappa shape index (κ3) is 2.52. The maximum absolute atomic E-state index is 9.47. The summed E-state index contributed by atoms with van der Waals surface area (Å²) in [5.74, 6) is 1.51. The molecule has 2 fully saturated rings. The molecule has 0 aromatic rings. The number of nitrogens with two attached hydrogens (primary N) is 1. The van der Waals surface area contributed by atoms with Gasteiger partial charge in [-0.1, -0.05) is 0 Å². The van der Waals surface area contributed by atoms with Crippen molar-refractivity contribution in [3.8, 4) is 0 Å². The van der Waals surface area contributed by atoms with Crippen LogP contribution in [0.5, 0.6) is 0 Å². The summed E-state index contributed by atoms with van der Waals surface area (Å²) in [6.45, 7) is 2.46. The predicted octanol–water partition coefficient (Wildman–Crippen LogP) is 0.815. The molecule has 0 heterocycles. The minimum absolute atomic E-state index is 0.160. The van der Waals surface area contributed by atoms with Crippen LogP contribution in [0.25, 0.3) is 0 Å². The monoisotopic (exact) mass is 212 g/mol. The van der Waals surface area contributed by atoms with Gasteiger partial charge < -0.3 is 10.8 Å². The maximum Gasteiger partial charge on any atom is 0.0602 e. The van der Waals surface area contributed by atoms with Crippen LogP contribution in [0.3, 0.4) is 0 Å². The van der Waals surface area contributed by atoms with Gasteiger partial charge in [-0.2, -0.15) is 0 Å². The molecular formula is C12H24N2O. The molecule has 0 aliphatic heterocycles. The summed E-state index contributed by atoms with van der Waals surface area (Å²) in [6.07, 6.45) is 5.21. The molecule has 0 bridgehead atoms. The van der Waals surface area contributed by atoms with E-state index >= 15 is 0 Å². The van der Waals surface area contributed by atoms with Crippen LogP contribution in [0, 0.1) is 11.8 Å². The summed E-state index contributed by atoms with van der Waals surface area (Å²) in [4.78, 5) is 2.31. The lowest BCUT2D eigenvalue weighted by Gasteiger charge is -2.36. The van der Waals surface area contributed by atoms with Crippen molar-refractivity contribution in [2.75, 3.05) is 13.7 Å². The van der Waals surface area contributed by atoms with Crippen LogP contribution in [-0.2, 0) is 0 Å². The predicted molar refractivity (Wildman–Crippen MR) is 61.5 cm³/mol. The smallest absolute Gasteiger partial charge is 0.0602 e. The topological polar surface area (TPSA) is 49.5 Å². The van der Waals surface area contributed by atoms with Gasteiger partial charge in [-0.15, -0.1) is 0 Å². The second kappa shape index (κ2) is 4.40. The van der Waals surface area contributed by atoms with Crippen molar-refractivity contribution >= 4 is 0 Å². The fraction of sp³-hybridized carbons (Fsp3) is 1.00. The zero-order chi connectivity index (χ0) is 11.0. The van der Waals surface area contributed by atoms with Crippen LogP contribution in [0.4, 0.5) is 0 Å². The molecule has 3 nitrogen and oxygen atoms in total. The van der Waals surface area contributed by atoms with Crippen molar-refractivity contribution in [2.24, 2.45) is 17.6 Å². The molecule has 88 valence electrons. The quantitative estimate of drug-likeness (QED) is 0.685. The minimum atomic E-state index is 0.160. The van der Waals surface area contributed by atoms with Gasteiger partial charge in [0, 0.05) is 18.1 Å². The Kier molecular flexibility index (Phi) is 3.33. The van der Waals surface area contributed by atoms with Gasteiger partial charge >= 0.3 is 0 Å². The highest BCUT2D eigenvalue weighted by atomic mass is 16.3. The summed E-state index contributed by atoms with van der Waals surface area (Å²) in [5, 5.41) is 9.47. The molecule has 0 aromatic carbocycles. The molecule has 0 saturated heterocycles. The molecule has 0 spiro atoms. The average Bonchev–Trinajstić information content (AvgIpc) is 3.06. The Labute approximate surface area is 92.6 Å². The standard InChI is InChI=1S/C12H24N2O/c1-8(9-3-4-9)14(2)11(7-15)12(13)10-5-6-10/h8-12,15H,3-7,13H2,1-2H3. The molecule has 15 heavy (non-hydrogen) atoms. The molecule has 2 aliphatic rings. The van der Waals surface area contributed by atoms with Gasteiger partial charge in [-0.25, -0.2) is 0 Å². The van der Waals surface area contributed by atoms with E-state index in [0.717, 1.165) is 5.92 Å². The molecular weight excluding hydrogens is 188 g/mol. The van der Waals surface area contributed by atoms with Crippen molar-refractivity contribution in [3.05, 3.63) is 0 Å². The van der Waals surface area contributed by atoms with E-state index in [2.05, 4.69) is 18.9 Å². The summed E-state index contributed by atoms with van der Waals surface area (Å²) >= 11 is 0. The third-order valence-corrected chi connectivity index (χ3v) is 4.27. The summed E-state index contributed by atoms with van der Waals surface area (Å²) in [5.41, 5.74) is 6.19. The number of aliphatic hydroxyl groups is 1. The molecule has 3 heteroatoms. The Balaban J connectivity index is 1.91. The van der Waals surface area contributed by atoms with Crippen LogP contribution < -0.4 is 5.73 Å². The SMILES string of the molecule is CC(C1CC1)N(C)C(CO)C(N)C1CC1. The Morgan fingerprint density at radius 3 is 2.20 bits per heavy atom. The lowest BCUT2D eigenvalue weighted by Crippen LogP contribution is -2.53. The molecule has 0 aromatic heterocycles. The van der Waals surface area contributed by atoms with Gasteiger partial charge in [0.25, 0.3) is 0 Å². The number of likely N-dealkylation sites (N-methyl/N-ethyl adjacent to an activating group) is 1. The summed E-state index contributed by atoms with van der Waals surface area (Å²) in [7, 11) is 2.12. The number of aliphatic hydroxyl groups excluding tert-OH is 1. The van der Waals surface area contributed by atoms with Crippen molar-refractivity contribution in [3.63, 3.8) is 0 Å². The van der Waals surface area contributed by atoms with Crippen LogP contribution in [0.1, 0.15) is 32.6 Å². The Hall–Kier alpha value is -0.120. The highest BCUT2D eigenvalue weighted by Crippen LogP contribution is 2.38. The van der Waals surface area contributed by atoms with Gasteiger partial charge in [0.1, 0.15) is 0 Å². The van der Waals surface area contributed by atoms with Crippen LogP contribution in [0.15, 0.2) is 0 Å². The highest BCUT2D eigenvalue weighted by Gasteiger charge is 2.39. The first-order valence-corrected chi connectivity index (χ1v) is 6.23. The second-order valence-electron chi connectivity index (χ2n) is 5.41. The van der Waals surface area contributed by atoms with Gasteiger partial charge in [-0.3, -0.25) is 4.90 Å². The van der Waals surface area contributed by atoms with Crippen molar-refractivity contribution in [1.82, 2.24) is 4.90 Å². The van der Waals surface area contributed by atoms with Crippen molar-refractivity contribution < 1.29 is 5.11 Å². The van der Waals surface area contributed by atoms with E-state index in [4.69, 9.17) is 5.73 Å². The van der Waals surface area contributed by atoms with Gasteiger partial charge in [0.05, 0.1) is 6.61 Å². The van der Waals surface area contributed by atoms with Crippen molar-refractivity contribution in [1.29, 1.82) is 0 Å². The summed E-state index contributed by atoms with van der Waals surface area (Å²) in [6, 6.07) is 0.904. The highest BCUT2D eigenvalue weighted by molar-refractivity contribution is 4.95. The Morgan fingerprint density at radius 2 is 1.80 bits per heavy atom. The number of nitrogens with zero attached hydrogens (tertiary/aromatic N) is 1. The third-order valence-electron chi connectivity index (χ3n) is 4.27. The van der Waals surface area contributed by atoms with E-state index in [1.807, 2.05) is 0 Å². The summed E-state index contributed by atoms with van der Waals surface area (Å²) < 4.78 is 0. The van der Waals surface area contributed by atoms with Crippen LogP contribution in [-0.4, -0.2) is 41.8 Å². The van der Waals surface area contributed by atoms with E-state index in [1.54, 1.807) is 0 Å². The molecule has 3 unspecified atom stereocenters. The lowest BCUT2D eigenvalue weighted by molar-refractivity contribution is 0.0833. The number of hydrogen-bond acceptors (Lipinski definition) is 3. The average molecular weight is 212 g/mol. The van der Waals surface area contributed by atoms with Gasteiger partial charge in [0.2, 0.25) is 0 Å².